The van der Waals surface area contributed by atoms with Gasteiger partial charge in [-0.15, -0.1) is 0 Å². The minimum atomic E-state index is -4.00. The van der Waals surface area contributed by atoms with Gasteiger partial charge in [0.15, 0.2) is 0 Å². The van der Waals surface area contributed by atoms with E-state index in [-0.39, 0.29) is 27.3 Å². The van der Waals surface area contributed by atoms with Crippen LogP contribution in [-0.2, 0) is 10.0 Å². The number of carbonyl (C=O) groups excluding carboxylic acids is 1. The molecule has 0 aliphatic heterocycles. The smallest absolute Gasteiger partial charge is 0.263 e. The summed E-state index contributed by atoms with van der Waals surface area (Å²) in [6, 6.07) is 16.0. The number of hydrogen-bond donors (Lipinski definition) is 2. The second-order valence-corrected chi connectivity index (χ2v) is 8.86. The average molecular weight is 465 g/mol. The van der Waals surface area contributed by atoms with Crippen molar-refractivity contribution < 1.29 is 17.9 Å². The van der Waals surface area contributed by atoms with Gasteiger partial charge in [-0.05, 0) is 48.9 Å². The van der Waals surface area contributed by atoms with E-state index in [1.165, 1.54) is 25.3 Å². The Kier molecular flexibility index (Phi) is 6.55. The molecule has 1 amide bonds. The molecule has 0 saturated carbocycles. The molecule has 6 nitrogen and oxygen atoms in total. The van der Waals surface area contributed by atoms with Crippen molar-refractivity contribution in [1.82, 2.24) is 0 Å². The van der Waals surface area contributed by atoms with Crippen molar-refractivity contribution in [3.8, 4) is 5.75 Å². The third-order valence-corrected chi connectivity index (χ3v) is 6.34. The number of halogens is 2. The van der Waals surface area contributed by atoms with Gasteiger partial charge in [0.1, 0.15) is 10.6 Å². The highest BCUT2D eigenvalue weighted by Gasteiger charge is 2.21. The van der Waals surface area contributed by atoms with E-state index < -0.39 is 10.0 Å². The molecule has 0 fully saturated rings. The van der Waals surface area contributed by atoms with Crippen molar-refractivity contribution in [3.63, 3.8) is 0 Å². The molecule has 0 bridgehead atoms. The van der Waals surface area contributed by atoms with Crippen LogP contribution in [0.2, 0.25) is 10.0 Å². The van der Waals surface area contributed by atoms with Gasteiger partial charge < -0.3 is 10.1 Å². The van der Waals surface area contributed by atoms with Gasteiger partial charge in [-0.1, -0.05) is 41.4 Å². The normalized spacial score (nSPS) is 11.1. The van der Waals surface area contributed by atoms with Gasteiger partial charge in [0.05, 0.1) is 17.8 Å². The van der Waals surface area contributed by atoms with E-state index in [0.29, 0.717) is 21.8 Å². The number of nitrogens with one attached hydrogen (secondary N) is 2. The number of hydrogen-bond acceptors (Lipinski definition) is 4. The summed E-state index contributed by atoms with van der Waals surface area (Å²) >= 11 is 11.9. The number of carbonyl (C=O) groups is 1. The van der Waals surface area contributed by atoms with Gasteiger partial charge in [-0.3, -0.25) is 9.52 Å². The molecular formula is C21H18Cl2N2O4S. The first-order chi connectivity index (χ1) is 14.2. The highest BCUT2D eigenvalue weighted by molar-refractivity contribution is 7.92. The Labute approximate surface area is 184 Å². The number of sulfonamides is 1. The Hall–Kier alpha value is -2.74. The highest BCUT2D eigenvalue weighted by Crippen LogP contribution is 2.34. The summed E-state index contributed by atoms with van der Waals surface area (Å²) in [4.78, 5) is 12.3. The van der Waals surface area contributed by atoms with Crippen LogP contribution in [-0.4, -0.2) is 21.4 Å². The van der Waals surface area contributed by atoms with E-state index in [1.807, 2.05) is 6.07 Å². The van der Waals surface area contributed by atoms with Crippen LogP contribution in [0.25, 0.3) is 0 Å². The second-order valence-electron chi connectivity index (χ2n) is 6.37. The van der Waals surface area contributed by atoms with Crippen LogP contribution in [0.4, 0.5) is 11.4 Å². The van der Waals surface area contributed by atoms with E-state index in [9.17, 15) is 13.2 Å². The zero-order chi connectivity index (χ0) is 21.9. The van der Waals surface area contributed by atoms with Crippen molar-refractivity contribution in [2.24, 2.45) is 0 Å². The van der Waals surface area contributed by atoms with Gasteiger partial charge in [-0.25, -0.2) is 8.42 Å². The monoisotopic (exact) mass is 464 g/mol. The lowest BCUT2D eigenvalue weighted by Crippen LogP contribution is -2.16. The SMILES string of the molecule is COc1cc(NC(=O)c2ccccc2)c(C)cc1NS(=O)(=O)c1ccc(Cl)cc1Cl. The average Bonchev–Trinajstić information content (AvgIpc) is 2.70. The first-order valence-electron chi connectivity index (χ1n) is 8.74. The second kappa shape index (κ2) is 8.95. The Bertz CT molecular complexity index is 1200. The number of ether oxygens (including phenoxy) is 1. The molecule has 156 valence electrons. The van der Waals surface area contributed by atoms with Gasteiger partial charge in [0.2, 0.25) is 0 Å². The van der Waals surface area contributed by atoms with Gasteiger partial charge in [-0.2, -0.15) is 0 Å². The number of benzene rings is 3. The first-order valence-corrected chi connectivity index (χ1v) is 11.0. The van der Waals surface area contributed by atoms with Crippen LogP contribution >= 0.6 is 23.2 Å². The van der Waals surface area contributed by atoms with Crippen LogP contribution in [0.5, 0.6) is 5.75 Å². The number of rotatable bonds is 6. The van der Waals surface area contributed by atoms with Gasteiger partial charge >= 0.3 is 0 Å². The Morgan fingerprint density at radius 1 is 0.967 bits per heavy atom. The standard InChI is InChI=1S/C21H18Cl2N2O4S/c1-13-10-18(25-30(27,28)20-9-8-15(22)11-16(20)23)19(29-2)12-17(13)24-21(26)14-6-4-3-5-7-14/h3-12,25H,1-2H3,(H,24,26). The summed E-state index contributed by atoms with van der Waals surface area (Å²) in [5.41, 5.74) is 1.84. The Morgan fingerprint density at radius 3 is 2.30 bits per heavy atom. The maximum atomic E-state index is 12.8. The molecule has 3 rings (SSSR count). The fourth-order valence-corrected chi connectivity index (χ4v) is 4.58. The lowest BCUT2D eigenvalue weighted by atomic mass is 10.1. The molecule has 30 heavy (non-hydrogen) atoms. The summed E-state index contributed by atoms with van der Waals surface area (Å²) in [6.45, 7) is 1.74. The first kappa shape index (κ1) is 22.0. The van der Waals surface area contributed by atoms with Crippen molar-refractivity contribution in [3.05, 3.63) is 81.8 Å². The number of aryl methyl sites for hydroxylation is 1. The molecule has 0 radical (unpaired) electrons. The zero-order valence-corrected chi connectivity index (χ0v) is 18.4. The van der Waals surface area contributed by atoms with Crippen LogP contribution in [0.15, 0.2) is 65.6 Å². The van der Waals surface area contributed by atoms with Crippen LogP contribution in [0.1, 0.15) is 15.9 Å². The molecule has 0 aliphatic carbocycles. The summed E-state index contributed by atoms with van der Waals surface area (Å²) < 4.78 is 33.4. The molecule has 0 aromatic heterocycles. The predicted molar refractivity (Wildman–Crippen MR) is 119 cm³/mol. The van der Waals surface area contributed by atoms with E-state index in [4.69, 9.17) is 27.9 Å². The fourth-order valence-electron chi connectivity index (χ4n) is 2.75. The molecule has 0 unspecified atom stereocenters. The predicted octanol–water partition coefficient (Wildman–Crippen LogP) is 5.36. The molecule has 0 atom stereocenters. The van der Waals surface area contributed by atoms with Crippen molar-refractivity contribution in [2.45, 2.75) is 11.8 Å². The number of anilines is 2. The van der Waals surface area contributed by atoms with Crippen molar-refractivity contribution >= 4 is 50.5 Å². The minimum Gasteiger partial charge on any atom is -0.494 e. The lowest BCUT2D eigenvalue weighted by molar-refractivity contribution is 0.102. The number of amides is 1. The molecule has 0 spiro atoms. The fraction of sp³-hybridized carbons (Fsp3) is 0.0952. The molecule has 3 aromatic rings. The van der Waals surface area contributed by atoms with Crippen LogP contribution in [0.3, 0.4) is 0 Å². The van der Waals surface area contributed by atoms with Gasteiger partial charge in [0, 0.05) is 22.3 Å². The Morgan fingerprint density at radius 2 is 1.67 bits per heavy atom. The summed E-state index contributed by atoms with van der Waals surface area (Å²) in [5.74, 6) is -0.0559. The van der Waals surface area contributed by atoms with Crippen molar-refractivity contribution in [1.29, 1.82) is 0 Å². The van der Waals surface area contributed by atoms with Gasteiger partial charge in [0.25, 0.3) is 15.9 Å². The molecule has 0 heterocycles. The van der Waals surface area contributed by atoms with Crippen LogP contribution < -0.4 is 14.8 Å². The molecule has 9 heteroatoms. The quantitative estimate of drug-likeness (QED) is 0.513. The molecular weight excluding hydrogens is 447 g/mol. The maximum absolute atomic E-state index is 12.8. The third kappa shape index (κ3) is 4.87. The zero-order valence-electron chi connectivity index (χ0n) is 16.1. The van der Waals surface area contributed by atoms with Crippen LogP contribution in [0, 0.1) is 6.92 Å². The highest BCUT2D eigenvalue weighted by atomic mass is 35.5. The van der Waals surface area contributed by atoms with E-state index in [2.05, 4.69) is 10.0 Å². The van der Waals surface area contributed by atoms with E-state index in [1.54, 1.807) is 43.3 Å². The summed E-state index contributed by atoms with van der Waals surface area (Å²) in [7, 11) is -2.59. The largest absolute Gasteiger partial charge is 0.494 e. The topological polar surface area (TPSA) is 84.5 Å². The van der Waals surface area contributed by atoms with E-state index in [0.717, 1.165) is 0 Å². The molecule has 0 aliphatic rings. The van der Waals surface area contributed by atoms with E-state index >= 15 is 0 Å². The van der Waals surface area contributed by atoms with Crippen molar-refractivity contribution in [2.75, 3.05) is 17.1 Å². The molecule has 0 saturated heterocycles. The Balaban J connectivity index is 1.91. The minimum absolute atomic E-state index is 0.00238. The molecule has 3 aromatic carbocycles. The molecule has 2 N–H and O–H groups in total. The third-order valence-electron chi connectivity index (χ3n) is 4.26. The summed E-state index contributed by atoms with van der Waals surface area (Å²) in [6.07, 6.45) is 0. The summed E-state index contributed by atoms with van der Waals surface area (Å²) in [5, 5.41) is 3.13. The maximum Gasteiger partial charge on any atom is 0.263 e. The number of methoxy groups -OCH3 is 1. The lowest BCUT2D eigenvalue weighted by Gasteiger charge is -2.16.